The van der Waals surface area contributed by atoms with Crippen molar-refractivity contribution in [3.63, 3.8) is 0 Å². The van der Waals surface area contributed by atoms with E-state index in [1.165, 1.54) is 26.2 Å². The first kappa shape index (κ1) is 19.9. The standard InChI is InChI=1S/C21H21ClN2O4S/c1-21(20(25)28-2,29(26,27)14-6-4-3-5-7-14)13-8-9-15-17(12-13)23-16-10-11-18(22)24-19(15)16/h3-7,10-11,13,23H,8-9,12H2,1-2H3. The highest BCUT2D eigenvalue weighted by atomic mass is 35.5. The van der Waals surface area contributed by atoms with E-state index in [0.717, 1.165) is 22.3 Å². The van der Waals surface area contributed by atoms with Crippen molar-refractivity contribution in [1.82, 2.24) is 9.97 Å². The number of rotatable bonds is 4. The Hall–Kier alpha value is -2.38. The SMILES string of the molecule is COC(=O)C(C)(C1CCc2c([nH]c3ccc(Cl)nc23)C1)S(=O)(=O)c1ccccc1. The van der Waals surface area contributed by atoms with Gasteiger partial charge in [-0.15, -0.1) is 0 Å². The zero-order valence-electron chi connectivity index (χ0n) is 16.1. The highest BCUT2D eigenvalue weighted by Crippen LogP contribution is 2.42. The Kier molecular flexibility index (Phi) is 4.91. The molecule has 0 radical (unpaired) electrons. The van der Waals surface area contributed by atoms with Crippen molar-refractivity contribution in [3.05, 3.63) is 58.9 Å². The Morgan fingerprint density at radius 2 is 1.97 bits per heavy atom. The lowest BCUT2D eigenvalue weighted by Crippen LogP contribution is -2.52. The maximum absolute atomic E-state index is 13.5. The van der Waals surface area contributed by atoms with Crippen molar-refractivity contribution in [2.24, 2.45) is 5.92 Å². The van der Waals surface area contributed by atoms with Gasteiger partial charge in [-0.25, -0.2) is 13.4 Å². The van der Waals surface area contributed by atoms with Crippen LogP contribution in [0.25, 0.3) is 11.0 Å². The second kappa shape index (κ2) is 7.15. The molecule has 0 fully saturated rings. The van der Waals surface area contributed by atoms with Crippen molar-refractivity contribution >= 4 is 38.4 Å². The number of aromatic nitrogens is 2. The summed E-state index contributed by atoms with van der Waals surface area (Å²) in [6.45, 7) is 1.48. The number of aryl methyl sites for hydroxylation is 1. The molecule has 29 heavy (non-hydrogen) atoms. The molecule has 152 valence electrons. The molecule has 2 heterocycles. The number of hydrogen-bond acceptors (Lipinski definition) is 5. The second-order valence-electron chi connectivity index (χ2n) is 7.47. The summed E-state index contributed by atoms with van der Waals surface area (Å²) in [5.41, 5.74) is 3.58. The van der Waals surface area contributed by atoms with Crippen molar-refractivity contribution in [2.75, 3.05) is 7.11 Å². The number of nitrogens with one attached hydrogen (secondary N) is 1. The fourth-order valence-corrected chi connectivity index (χ4v) is 6.37. The Balaban J connectivity index is 1.80. The van der Waals surface area contributed by atoms with Crippen LogP contribution in [0.3, 0.4) is 0 Å². The molecule has 0 amide bonds. The molecule has 4 rings (SSSR count). The summed E-state index contributed by atoms with van der Waals surface area (Å²) in [7, 11) is -2.75. The van der Waals surface area contributed by atoms with Gasteiger partial charge < -0.3 is 9.72 Å². The molecule has 0 saturated heterocycles. The molecule has 0 aliphatic heterocycles. The molecule has 3 aromatic rings. The summed E-state index contributed by atoms with van der Waals surface area (Å²) < 4.78 is 30.4. The van der Waals surface area contributed by atoms with Gasteiger partial charge in [-0.2, -0.15) is 0 Å². The lowest BCUT2D eigenvalue weighted by atomic mass is 9.79. The molecule has 6 nitrogen and oxygen atoms in total. The summed E-state index contributed by atoms with van der Waals surface area (Å²) in [6.07, 6.45) is 1.52. The number of nitrogens with zero attached hydrogens (tertiary/aromatic N) is 1. The fraction of sp³-hybridized carbons (Fsp3) is 0.333. The smallest absolute Gasteiger partial charge is 0.327 e. The van der Waals surface area contributed by atoms with Gasteiger partial charge in [0.05, 0.1) is 23.0 Å². The van der Waals surface area contributed by atoms with E-state index in [-0.39, 0.29) is 4.90 Å². The van der Waals surface area contributed by atoms with Crippen LogP contribution in [-0.4, -0.2) is 36.2 Å². The first-order valence-corrected chi connectivity index (χ1v) is 11.2. The predicted molar refractivity (Wildman–Crippen MR) is 111 cm³/mol. The van der Waals surface area contributed by atoms with Gasteiger partial charge in [0.25, 0.3) is 0 Å². The largest absolute Gasteiger partial charge is 0.468 e. The third kappa shape index (κ3) is 3.04. The molecular formula is C21H21ClN2O4S. The van der Waals surface area contributed by atoms with Crippen LogP contribution in [0.15, 0.2) is 47.4 Å². The molecule has 1 aromatic carbocycles. The molecule has 0 spiro atoms. The van der Waals surface area contributed by atoms with Crippen LogP contribution in [0.5, 0.6) is 0 Å². The number of aromatic amines is 1. The van der Waals surface area contributed by atoms with E-state index in [0.29, 0.717) is 24.4 Å². The van der Waals surface area contributed by atoms with Crippen LogP contribution in [0.4, 0.5) is 0 Å². The molecular weight excluding hydrogens is 412 g/mol. The third-order valence-corrected chi connectivity index (χ3v) is 8.69. The van der Waals surface area contributed by atoms with E-state index in [9.17, 15) is 13.2 Å². The van der Waals surface area contributed by atoms with Gasteiger partial charge in [0.2, 0.25) is 0 Å². The molecule has 2 atom stereocenters. The van der Waals surface area contributed by atoms with Gasteiger partial charge in [-0.1, -0.05) is 29.8 Å². The number of hydrogen-bond donors (Lipinski definition) is 1. The number of sulfone groups is 1. The maximum Gasteiger partial charge on any atom is 0.327 e. The minimum absolute atomic E-state index is 0.115. The average molecular weight is 433 g/mol. The first-order valence-electron chi connectivity index (χ1n) is 9.33. The predicted octanol–water partition coefficient (Wildman–Crippen LogP) is 3.73. The average Bonchev–Trinajstić information content (AvgIpc) is 3.10. The minimum Gasteiger partial charge on any atom is -0.468 e. The molecule has 2 unspecified atom stereocenters. The quantitative estimate of drug-likeness (QED) is 0.501. The van der Waals surface area contributed by atoms with Crippen molar-refractivity contribution in [3.8, 4) is 0 Å². The highest BCUT2D eigenvalue weighted by Gasteiger charge is 2.54. The van der Waals surface area contributed by atoms with E-state index >= 15 is 0 Å². The number of halogens is 1. The number of methoxy groups -OCH3 is 1. The number of pyridine rings is 1. The van der Waals surface area contributed by atoms with E-state index in [4.69, 9.17) is 16.3 Å². The second-order valence-corrected chi connectivity index (χ2v) is 10.2. The summed E-state index contributed by atoms with van der Waals surface area (Å²) in [4.78, 5) is 20.7. The zero-order valence-corrected chi connectivity index (χ0v) is 17.7. The van der Waals surface area contributed by atoms with E-state index in [1.807, 2.05) is 6.07 Å². The van der Waals surface area contributed by atoms with Gasteiger partial charge in [0.1, 0.15) is 5.15 Å². The third-order valence-electron chi connectivity index (χ3n) is 5.97. The summed E-state index contributed by atoms with van der Waals surface area (Å²) in [5, 5.41) is 0.410. The number of fused-ring (bicyclic) bond motifs is 3. The summed E-state index contributed by atoms with van der Waals surface area (Å²) >= 11 is 6.04. The van der Waals surface area contributed by atoms with E-state index in [2.05, 4.69) is 9.97 Å². The van der Waals surface area contributed by atoms with Crippen molar-refractivity contribution in [1.29, 1.82) is 0 Å². The summed E-state index contributed by atoms with van der Waals surface area (Å²) in [6, 6.07) is 11.6. The number of ether oxygens (including phenoxy) is 1. The lowest BCUT2D eigenvalue weighted by molar-refractivity contribution is -0.145. The fourth-order valence-electron chi connectivity index (χ4n) is 4.27. The highest BCUT2D eigenvalue weighted by molar-refractivity contribution is 7.93. The Morgan fingerprint density at radius 3 is 2.66 bits per heavy atom. The normalized spacial score (nSPS) is 18.8. The number of carbonyl (C=O) groups excluding carboxylic acids is 1. The lowest BCUT2D eigenvalue weighted by Gasteiger charge is -2.36. The first-order chi connectivity index (χ1) is 13.8. The molecule has 0 saturated carbocycles. The van der Waals surface area contributed by atoms with Gasteiger partial charge >= 0.3 is 5.97 Å². The number of carbonyl (C=O) groups is 1. The van der Waals surface area contributed by atoms with Crippen LogP contribution >= 0.6 is 11.6 Å². The number of esters is 1. The Morgan fingerprint density at radius 1 is 1.24 bits per heavy atom. The van der Waals surface area contributed by atoms with Gasteiger partial charge in [0.15, 0.2) is 14.6 Å². The van der Waals surface area contributed by atoms with Crippen molar-refractivity contribution < 1.29 is 17.9 Å². The van der Waals surface area contributed by atoms with Gasteiger partial charge in [0, 0.05) is 5.69 Å². The molecule has 2 aromatic heterocycles. The van der Waals surface area contributed by atoms with E-state index in [1.54, 1.807) is 24.3 Å². The molecule has 0 bridgehead atoms. The maximum atomic E-state index is 13.5. The van der Waals surface area contributed by atoms with Crippen molar-refractivity contribution in [2.45, 2.75) is 35.8 Å². The van der Waals surface area contributed by atoms with Crippen LogP contribution in [0.1, 0.15) is 24.6 Å². The number of H-pyrrole nitrogens is 1. The zero-order chi connectivity index (χ0) is 20.8. The minimum atomic E-state index is -3.98. The topological polar surface area (TPSA) is 89.1 Å². The molecule has 1 aliphatic rings. The van der Waals surface area contributed by atoms with Crippen LogP contribution in [0, 0.1) is 5.92 Å². The molecule has 1 aliphatic carbocycles. The number of benzene rings is 1. The van der Waals surface area contributed by atoms with Gasteiger partial charge in [-0.3, -0.25) is 4.79 Å². The molecule has 1 N–H and O–H groups in total. The van der Waals surface area contributed by atoms with Crippen LogP contribution in [-0.2, 0) is 32.2 Å². The Labute approximate surface area is 174 Å². The monoisotopic (exact) mass is 432 g/mol. The van der Waals surface area contributed by atoms with Gasteiger partial charge in [-0.05, 0) is 61.9 Å². The Bertz CT molecular complexity index is 1190. The van der Waals surface area contributed by atoms with Crippen LogP contribution in [0.2, 0.25) is 5.15 Å². The van der Waals surface area contributed by atoms with Crippen LogP contribution < -0.4 is 0 Å². The molecule has 8 heteroatoms. The van der Waals surface area contributed by atoms with E-state index < -0.39 is 26.5 Å². The summed E-state index contributed by atoms with van der Waals surface area (Å²) in [5.74, 6) is -1.19.